The molecule has 2 aliphatic carbocycles. The fraction of sp³-hybridized carbons (Fsp3) is 0.481. The van der Waals surface area contributed by atoms with E-state index in [1.165, 1.54) is 17.6 Å². The first kappa shape index (κ1) is 19.8. The molecule has 3 nitrogen and oxygen atoms in total. The molecule has 1 aliphatic heterocycles. The molecule has 2 fully saturated rings. The van der Waals surface area contributed by atoms with Crippen molar-refractivity contribution in [3.63, 3.8) is 0 Å². The molecule has 3 aliphatic rings. The molecule has 0 bridgehead atoms. The van der Waals surface area contributed by atoms with Crippen molar-refractivity contribution in [2.24, 2.45) is 11.3 Å². The van der Waals surface area contributed by atoms with Crippen molar-refractivity contribution in [3.05, 3.63) is 72.3 Å². The first-order chi connectivity index (χ1) is 14.4. The van der Waals surface area contributed by atoms with E-state index in [1.807, 2.05) is 36.4 Å². The summed E-state index contributed by atoms with van der Waals surface area (Å²) >= 11 is 0. The fourth-order valence-electron chi connectivity index (χ4n) is 5.61. The molecular weight excluding hydrogens is 372 g/mol. The second-order valence-corrected chi connectivity index (χ2v) is 10.1. The minimum Gasteiger partial charge on any atom is -0.459 e. The van der Waals surface area contributed by atoms with Crippen LogP contribution in [-0.4, -0.2) is 17.7 Å². The van der Waals surface area contributed by atoms with Crippen LogP contribution in [0, 0.1) is 11.3 Å². The number of rotatable bonds is 3. The van der Waals surface area contributed by atoms with Crippen LogP contribution >= 0.6 is 0 Å². The van der Waals surface area contributed by atoms with Gasteiger partial charge in [0, 0.05) is 18.8 Å². The normalized spacial score (nSPS) is 33.4. The van der Waals surface area contributed by atoms with Crippen molar-refractivity contribution in [2.75, 3.05) is 0 Å². The first-order valence-corrected chi connectivity index (χ1v) is 11.3. The highest BCUT2D eigenvalue weighted by atomic mass is 16.8. The minimum absolute atomic E-state index is 0.110. The molecule has 0 amide bonds. The summed E-state index contributed by atoms with van der Waals surface area (Å²) in [6, 6.07) is 20.5. The monoisotopic (exact) mass is 404 g/mol. The van der Waals surface area contributed by atoms with Crippen LogP contribution in [0.1, 0.15) is 58.4 Å². The molecule has 0 N–H and O–H groups in total. The molecule has 158 valence electrons. The Morgan fingerprint density at radius 2 is 1.63 bits per heavy atom. The lowest BCUT2D eigenvalue weighted by atomic mass is 9.68. The SMILES string of the molecule is CC(C)(C)[C@H]1CCCC[C@@]12O[C@H]1C=C(c3ccccc3)C[C@@]1(Oc1ccccc1)O2. The van der Waals surface area contributed by atoms with Crippen LogP contribution < -0.4 is 4.74 Å². The Kier molecular flexibility index (Phi) is 4.79. The number of benzene rings is 2. The van der Waals surface area contributed by atoms with Crippen LogP contribution in [0.3, 0.4) is 0 Å². The number of ether oxygens (including phenoxy) is 3. The van der Waals surface area contributed by atoms with Gasteiger partial charge >= 0.3 is 0 Å². The molecule has 0 aromatic heterocycles. The summed E-state index contributed by atoms with van der Waals surface area (Å²) in [5, 5.41) is 0. The van der Waals surface area contributed by atoms with Gasteiger partial charge < -0.3 is 14.2 Å². The number of hydrogen-bond donors (Lipinski definition) is 0. The van der Waals surface area contributed by atoms with Gasteiger partial charge in [0.15, 0.2) is 5.79 Å². The molecule has 0 unspecified atom stereocenters. The number of para-hydroxylation sites is 1. The van der Waals surface area contributed by atoms with E-state index >= 15 is 0 Å². The Bertz CT molecular complexity index is 914. The van der Waals surface area contributed by atoms with Crippen molar-refractivity contribution >= 4 is 5.57 Å². The predicted molar refractivity (Wildman–Crippen MR) is 119 cm³/mol. The van der Waals surface area contributed by atoms with Crippen LogP contribution in [0.5, 0.6) is 5.75 Å². The molecule has 4 atom stereocenters. The maximum atomic E-state index is 7.00. The van der Waals surface area contributed by atoms with E-state index in [0.717, 1.165) is 25.0 Å². The molecule has 2 aromatic carbocycles. The maximum absolute atomic E-state index is 7.00. The molecule has 2 aromatic rings. The molecule has 1 saturated carbocycles. The van der Waals surface area contributed by atoms with E-state index in [2.05, 4.69) is 51.1 Å². The number of fused-ring (bicyclic) bond motifs is 1. The second kappa shape index (κ2) is 7.25. The van der Waals surface area contributed by atoms with Gasteiger partial charge in [0.2, 0.25) is 5.79 Å². The molecule has 1 heterocycles. The third-order valence-electron chi connectivity index (χ3n) is 6.92. The average Bonchev–Trinajstić information content (AvgIpc) is 3.19. The summed E-state index contributed by atoms with van der Waals surface area (Å²) < 4.78 is 20.5. The zero-order valence-electron chi connectivity index (χ0n) is 18.3. The Morgan fingerprint density at radius 3 is 2.33 bits per heavy atom. The van der Waals surface area contributed by atoms with Gasteiger partial charge in [0.25, 0.3) is 0 Å². The van der Waals surface area contributed by atoms with Crippen LogP contribution in [0.4, 0.5) is 0 Å². The smallest absolute Gasteiger partial charge is 0.247 e. The van der Waals surface area contributed by atoms with Gasteiger partial charge in [0.1, 0.15) is 11.9 Å². The Hall–Kier alpha value is -2.10. The standard InChI is InChI=1S/C27H32O3/c1-25(2,3)23-16-10-11-17-26(23)29-24-18-21(20-12-6-4-7-13-20)19-27(24,30-26)28-22-14-8-5-9-15-22/h4-9,12-15,18,23-24H,10-11,16-17,19H2,1-3H3/t23-,24+,26+,27-/m1/s1. The van der Waals surface area contributed by atoms with Crippen molar-refractivity contribution in [2.45, 2.75) is 70.6 Å². The van der Waals surface area contributed by atoms with E-state index in [4.69, 9.17) is 14.2 Å². The van der Waals surface area contributed by atoms with E-state index in [0.29, 0.717) is 12.3 Å². The summed E-state index contributed by atoms with van der Waals surface area (Å²) in [6.45, 7) is 6.92. The zero-order valence-corrected chi connectivity index (χ0v) is 18.3. The van der Waals surface area contributed by atoms with E-state index in [-0.39, 0.29) is 11.5 Å². The summed E-state index contributed by atoms with van der Waals surface area (Å²) in [5.41, 5.74) is 2.55. The summed E-state index contributed by atoms with van der Waals surface area (Å²) in [6.07, 6.45) is 7.15. The highest BCUT2D eigenvalue weighted by molar-refractivity contribution is 5.70. The van der Waals surface area contributed by atoms with Crippen molar-refractivity contribution in [1.29, 1.82) is 0 Å². The highest BCUT2D eigenvalue weighted by Gasteiger charge is 2.65. The van der Waals surface area contributed by atoms with Crippen LogP contribution in [-0.2, 0) is 9.47 Å². The van der Waals surface area contributed by atoms with Gasteiger partial charge in [0.05, 0.1) is 0 Å². The van der Waals surface area contributed by atoms with Gasteiger partial charge in [-0.3, -0.25) is 0 Å². The van der Waals surface area contributed by atoms with E-state index in [9.17, 15) is 0 Å². The summed E-state index contributed by atoms with van der Waals surface area (Å²) in [5.74, 6) is -0.217. The van der Waals surface area contributed by atoms with E-state index in [1.54, 1.807) is 0 Å². The van der Waals surface area contributed by atoms with Gasteiger partial charge in [-0.25, -0.2) is 0 Å². The lowest BCUT2D eigenvalue weighted by Gasteiger charge is -2.47. The molecule has 0 radical (unpaired) electrons. The van der Waals surface area contributed by atoms with Crippen molar-refractivity contribution in [3.8, 4) is 5.75 Å². The van der Waals surface area contributed by atoms with Crippen molar-refractivity contribution in [1.82, 2.24) is 0 Å². The topological polar surface area (TPSA) is 27.7 Å². The van der Waals surface area contributed by atoms with Gasteiger partial charge in [-0.1, -0.05) is 75.7 Å². The molecule has 5 rings (SSSR count). The van der Waals surface area contributed by atoms with E-state index < -0.39 is 11.6 Å². The predicted octanol–water partition coefficient (Wildman–Crippen LogP) is 6.60. The minimum atomic E-state index is -0.812. The van der Waals surface area contributed by atoms with Crippen LogP contribution in [0.2, 0.25) is 0 Å². The second-order valence-electron chi connectivity index (χ2n) is 10.1. The zero-order chi connectivity index (χ0) is 20.8. The molecular formula is C27H32O3. The summed E-state index contributed by atoms with van der Waals surface area (Å²) in [7, 11) is 0. The third kappa shape index (κ3) is 3.38. The lowest BCUT2D eigenvalue weighted by Crippen LogP contribution is -2.50. The average molecular weight is 405 g/mol. The molecule has 30 heavy (non-hydrogen) atoms. The third-order valence-corrected chi connectivity index (χ3v) is 6.92. The highest BCUT2D eigenvalue weighted by Crippen LogP contribution is 2.57. The number of hydrogen-bond acceptors (Lipinski definition) is 3. The quantitative estimate of drug-likeness (QED) is 0.577. The van der Waals surface area contributed by atoms with Crippen LogP contribution in [0.15, 0.2) is 66.7 Å². The van der Waals surface area contributed by atoms with Crippen LogP contribution in [0.25, 0.3) is 5.57 Å². The Morgan fingerprint density at radius 1 is 0.933 bits per heavy atom. The van der Waals surface area contributed by atoms with Gasteiger partial charge in [-0.15, -0.1) is 0 Å². The largest absolute Gasteiger partial charge is 0.459 e. The maximum Gasteiger partial charge on any atom is 0.247 e. The Balaban J connectivity index is 1.53. The first-order valence-electron chi connectivity index (χ1n) is 11.3. The fourth-order valence-corrected chi connectivity index (χ4v) is 5.61. The molecule has 3 heteroatoms. The molecule has 1 spiro atoms. The molecule has 1 saturated heterocycles. The summed E-state index contributed by atoms with van der Waals surface area (Å²) in [4.78, 5) is 0. The lowest BCUT2D eigenvalue weighted by molar-refractivity contribution is -0.282. The van der Waals surface area contributed by atoms with Crippen molar-refractivity contribution < 1.29 is 14.2 Å². The van der Waals surface area contributed by atoms with Gasteiger partial charge in [-0.05, 0) is 47.6 Å². The Labute approximate surface area is 180 Å². The van der Waals surface area contributed by atoms with Gasteiger partial charge in [-0.2, -0.15) is 0 Å².